The van der Waals surface area contributed by atoms with Crippen molar-refractivity contribution in [2.45, 2.75) is 39.5 Å². The number of carbonyl (C=O) groups is 1. The van der Waals surface area contributed by atoms with Gasteiger partial charge in [-0.3, -0.25) is 9.78 Å². The maximum atomic E-state index is 13.3. The monoisotopic (exact) mass is 399 g/mol. The first-order valence-electron chi connectivity index (χ1n) is 10.0. The van der Waals surface area contributed by atoms with Gasteiger partial charge in [0.25, 0.3) is 5.91 Å². The van der Waals surface area contributed by atoms with Crippen LogP contribution < -0.4 is 4.74 Å². The number of nitriles is 1. The fraction of sp³-hybridized carbons (Fsp3) is 0.240. The van der Waals surface area contributed by atoms with Crippen LogP contribution in [0.5, 0.6) is 5.75 Å². The predicted octanol–water partition coefficient (Wildman–Crippen LogP) is 4.51. The molecule has 0 radical (unpaired) electrons. The summed E-state index contributed by atoms with van der Waals surface area (Å²) < 4.78 is 5.86. The molecule has 1 heterocycles. The molecule has 1 atom stereocenters. The molecule has 1 amide bonds. The summed E-state index contributed by atoms with van der Waals surface area (Å²) in [7, 11) is 0. The number of para-hydroxylation sites is 1. The molecule has 0 bridgehead atoms. The van der Waals surface area contributed by atoms with Gasteiger partial charge in [0, 0.05) is 25.5 Å². The van der Waals surface area contributed by atoms with Gasteiger partial charge in [-0.15, -0.1) is 0 Å². The number of ether oxygens (including phenoxy) is 1. The molecule has 2 aromatic carbocycles. The minimum absolute atomic E-state index is 0.147. The van der Waals surface area contributed by atoms with Gasteiger partial charge in [0.15, 0.2) is 6.10 Å². The van der Waals surface area contributed by atoms with E-state index < -0.39 is 6.10 Å². The van der Waals surface area contributed by atoms with E-state index in [1.165, 1.54) is 5.56 Å². The molecule has 30 heavy (non-hydrogen) atoms. The molecule has 0 aliphatic heterocycles. The molecule has 1 unspecified atom stereocenters. The van der Waals surface area contributed by atoms with Crippen LogP contribution in [-0.2, 0) is 24.3 Å². The van der Waals surface area contributed by atoms with E-state index in [0.717, 1.165) is 17.5 Å². The average molecular weight is 399 g/mol. The Morgan fingerprint density at radius 3 is 2.40 bits per heavy atom. The smallest absolute Gasteiger partial charge is 0.263 e. The van der Waals surface area contributed by atoms with Crippen molar-refractivity contribution in [2.24, 2.45) is 0 Å². The fourth-order valence-electron chi connectivity index (χ4n) is 3.18. The highest BCUT2D eigenvalue weighted by molar-refractivity contribution is 5.81. The Balaban J connectivity index is 1.80. The van der Waals surface area contributed by atoms with E-state index in [-0.39, 0.29) is 5.91 Å². The molecule has 0 aliphatic carbocycles. The molecular formula is C25H25N3O2. The van der Waals surface area contributed by atoms with Gasteiger partial charge in [0.05, 0.1) is 5.56 Å². The van der Waals surface area contributed by atoms with E-state index in [2.05, 4.69) is 42.2 Å². The molecule has 1 aromatic heterocycles. The van der Waals surface area contributed by atoms with Gasteiger partial charge in [0.1, 0.15) is 11.8 Å². The second-order valence-corrected chi connectivity index (χ2v) is 7.09. The molecule has 0 fully saturated rings. The lowest BCUT2D eigenvalue weighted by atomic mass is 10.1. The van der Waals surface area contributed by atoms with E-state index in [4.69, 9.17) is 4.74 Å². The van der Waals surface area contributed by atoms with E-state index >= 15 is 0 Å². The Labute approximate surface area is 177 Å². The SMILES string of the molecule is CCc1ccc(CN(Cc2cccnc2)C(=O)C(C)Oc2ccccc2C#N)cc1. The summed E-state index contributed by atoms with van der Waals surface area (Å²) in [5.74, 6) is 0.264. The van der Waals surface area contributed by atoms with Crippen molar-refractivity contribution < 1.29 is 9.53 Å². The van der Waals surface area contributed by atoms with Crippen molar-refractivity contribution in [1.82, 2.24) is 9.88 Å². The van der Waals surface area contributed by atoms with E-state index in [1.807, 2.05) is 12.1 Å². The third kappa shape index (κ3) is 5.45. The molecule has 3 aromatic rings. The molecular weight excluding hydrogens is 374 g/mol. The Kier molecular flexibility index (Phi) is 7.18. The number of pyridine rings is 1. The average Bonchev–Trinajstić information content (AvgIpc) is 2.79. The summed E-state index contributed by atoms with van der Waals surface area (Å²) in [5, 5.41) is 9.28. The summed E-state index contributed by atoms with van der Waals surface area (Å²) in [6.07, 6.45) is 3.72. The number of hydrogen-bond donors (Lipinski definition) is 0. The zero-order valence-corrected chi connectivity index (χ0v) is 17.3. The zero-order valence-electron chi connectivity index (χ0n) is 17.3. The highest BCUT2D eigenvalue weighted by Crippen LogP contribution is 2.20. The number of hydrogen-bond acceptors (Lipinski definition) is 4. The summed E-state index contributed by atoms with van der Waals surface area (Å²) in [6.45, 7) is 4.72. The minimum Gasteiger partial charge on any atom is -0.480 e. The Hall–Kier alpha value is -3.65. The first-order valence-corrected chi connectivity index (χ1v) is 10.0. The second-order valence-electron chi connectivity index (χ2n) is 7.09. The Morgan fingerprint density at radius 2 is 1.73 bits per heavy atom. The van der Waals surface area contributed by atoms with Crippen LogP contribution in [0.4, 0.5) is 0 Å². The maximum absolute atomic E-state index is 13.3. The lowest BCUT2D eigenvalue weighted by Crippen LogP contribution is -2.39. The van der Waals surface area contributed by atoms with Crippen molar-refractivity contribution in [3.05, 3.63) is 95.3 Å². The molecule has 152 valence electrons. The number of amides is 1. The Morgan fingerprint density at radius 1 is 1.03 bits per heavy atom. The van der Waals surface area contributed by atoms with Crippen molar-refractivity contribution in [3.8, 4) is 11.8 Å². The quantitative estimate of drug-likeness (QED) is 0.559. The molecule has 0 saturated heterocycles. The van der Waals surface area contributed by atoms with Gasteiger partial charge in [-0.05, 0) is 48.2 Å². The lowest BCUT2D eigenvalue weighted by molar-refractivity contribution is -0.139. The first-order chi connectivity index (χ1) is 14.6. The minimum atomic E-state index is -0.730. The van der Waals surface area contributed by atoms with E-state index in [9.17, 15) is 10.1 Å². The van der Waals surface area contributed by atoms with Crippen LogP contribution in [-0.4, -0.2) is 21.9 Å². The zero-order chi connectivity index (χ0) is 21.3. The Bertz CT molecular complexity index is 1010. The van der Waals surface area contributed by atoms with Crippen LogP contribution in [0, 0.1) is 11.3 Å². The molecule has 0 aliphatic rings. The normalized spacial score (nSPS) is 11.4. The number of rotatable bonds is 8. The van der Waals surface area contributed by atoms with Gasteiger partial charge in [-0.2, -0.15) is 5.26 Å². The number of carbonyl (C=O) groups excluding carboxylic acids is 1. The van der Waals surface area contributed by atoms with Gasteiger partial charge in [-0.25, -0.2) is 0 Å². The number of benzene rings is 2. The van der Waals surface area contributed by atoms with Crippen molar-refractivity contribution in [2.75, 3.05) is 0 Å². The third-order valence-corrected chi connectivity index (χ3v) is 4.87. The number of aromatic nitrogens is 1. The molecule has 5 nitrogen and oxygen atoms in total. The highest BCUT2D eigenvalue weighted by atomic mass is 16.5. The largest absolute Gasteiger partial charge is 0.480 e. The molecule has 5 heteroatoms. The lowest BCUT2D eigenvalue weighted by Gasteiger charge is -2.26. The van der Waals surface area contributed by atoms with Crippen LogP contribution >= 0.6 is 0 Å². The summed E-state index contributed by atoms with van der Waals surface area (Å²) in [5.41, 5.74) is 3.66. The summed E-state index contributed by atoms with van der Waals surface area (Å²) in [4.78, 5) is 19.2. The standard InChI is InChI=1S/C25H25N3O2/c1-3-20-10-12-21(13-11-20)17-28(18-22-7-6-14-27-16-22)25(29)19(2)30-24-9-5-4-8-23(24)15-26/h4-14,16,19H,3,17-18H2,1-2H3. The van der Waals surface area contributed by atoms with Crippen LogP contribution in [0.3, 0.4) is 0 Å². The summed E-state index contributed by atoms with van der Waals surface area (Å²) in [6, 6.07) is 21.1. The molecule has 0 N–H and O–H groups in total. The van der Waals surface area contributed by atoms with Gasteiger partial charge < -0.3 is 9.64 Å². The second kappa shape index (κ2) is 10.2. The van der Waals surface area contributed by atoms with E-state index in [0.29, 0.717) is 24.4 Å². The van der Waals surface area contributed by atoms with Crippen LogP contribution in [0.15, 0.2) is 73.1 Å². The molecule has 3 rings (SSSR count). The maximum Gasteiger partial charge on any atom is 0.263 e. The predicted molar refractivity (Wildman–Crippen MR) is 116 cm³/mol. The molecule has 0 spiro atoms. The topological polar surface area (TPSA) is 66.2 Å². The van der Waals surface area contributed by atoms with Gasteiger partial charge in [0.2, 0.25) is 0 Å². The van der Waals surface area contributed by atoms with Gasteiger partial charge in [-0.1, -0.05) is 49.4 Å². The van der Waals surface area contributed by atoms with Crippen molar-refractivity contribution >= 4 is 5.91 Å². The van der Waals surface area contributed by atoms with Crippen molar-refractivity contribution in [3.63, 3.8) is 0 Å². The van der Waals surface area contributed by atoms with Crippen LogP contribution in [0.25, 0.3) is 0 Å². The van der Waals surface area contributed by atoms with Crippen LogP contribution in [0.2, 0.25) is 0 Å². The number of aryl methyl sites for hydroxylation is 1. The highest BCUT2D eigenvalue weighted by Gasteiger charge is 2.23. The van der Waals surface area contributed by atoms with Crippen LogP contribution in [0.1, 0.15) is 36.1 Å². The third-order valence-electron chi connectivity index (χ3n) is 4.87. The molecule has 0 saturated carbocycles. The van der Waals surface area contributed by atoms with Crippen molar-refractivity contribution in [1.29, 1.82) is 5.26 Å². The fourth-order valence-corrected chi connectivity index (χ4v) is 3.18. The summed E-state index contributed by atoms with van der Waals surface area (Å²) >= 11 is 0. The first kappa shape index (κ1) is 21.1. The number of nitrogens with zero attached hydrogens (tertiary/aromatic N) is 3. The van der Waals surface area contributed by atoms with Gasteiger partial charge >= 0.3 is 0 Å². The van der Waals surface area contributed by atoms with E-state index in [1.54, 1.807) is 48.5 Å².